The van der Waals surface area contributed by atoms with Crippen molar-refractivity contribution in [3.05, 3.63) is 66.5 Å². The van der Waals surface area contributed by atoms with Gasteiger partial charge in [-0.2, -0.15) is 0 Å². The first-order valence-electron chi connectivity index (χ1n) is 7.95. The smallest absolute Gasteiger partial charge is 0.272 e. The van der Waals surface area contributed by atoms with Crippen LogP contribution in [-0.4, -0.2) is 27.9 Å². The fourth-order valence-electron chi connectivity index (χ4n) is 2.75. The first kappa shape index (κ1) is 17.6. The zero-order valence-electron chi connectivity index (χ0n) is 14.0. The number of para-hydroxylation sites is 1. The van der Waals surface area contributed by atoms with E-state index in [9.17, 15) is 4.79 Å². The highest BCUT2D eigenvalue weighted by Crippen LogP contribution is 2.23. The van der Waals surface area contributed by atoms with E-state index >= 15 is 0 Å². The molecule has 0 atom stereocenters. The number of hydrogen-bond donors (Lipinski definition) is 4. The number of anilines is 2. The molecule has 2 aromatic carbocycles. The normalized spacial score (nSPS) is 10.3. The van der Waals surface area contributed by atoms with E-state index in [0.717, 1.165) is 27.8 Å². The Morgan fingerprint density at radius 2 is 1.88 bits per heavy atom. The van der Waals surface area contributed by atoms with Crippen LogP contribution in [0.5, 0.6) is 0 Å². The van der Waals surface area contributed by atoms with Gasteiger partial charge >= 0.3 is 0 Å². The number of H-pyrrole nitrogens is 2. The van der Waals surface area contributed by atoms with Gasteiger partial charge in [0.2, 0.25) is 0 Å². The zero-order valence-corrected chi connectivity index (χ0v) is 14.9. The largest absolute Gasteiger partial charge is 0.359 e. The molecule has 0 radical (unpaired) electrons. The van der Waals surface area contributed by atoms with Crippen molar-refractivity contribution in [2.45, 2.75) is 0 Å². The topological polar surface area (TPSA) is 85.6 Å². The van der Waals surface area contributed by atoms with Crippen molar-refractivity contribution in [3.63, 3.8) is 0 Å². The van der Waals surface area contributed by atoms with Crippen LogP contribution >= 0.6 is 12.4 Å². The second-order valence-corrected chi connectivity index (χ2v) is 5.70. The second kappa shape index (κ2) is 7.33. The van der Waals surface area contributed by atoms with Crippen LogP contribution in [0.3, 0.4) is 0 Å². The summed E-state index contributed by atoms with van der Waals surface area (Å²) in [6.07, 6.45) is 1.75. The molecule has 26 heavy (non-hydrogen) atoms. The number of carbonyl (C=O) groups excluding carboxylic acids is 1. The summed E-state index contributed by atoms with van der Waals surface area (Å²) in [6, 6.07) is 17.3. The van der Waals surface area contributed by atoms with Gasteiger partial charge in [-0.1, -0.05) is 30.3 Å². The van der Waals surface area contributed by atoms with Gasteiger partial charge in [0.1, 0.15) is 5.69 Å². The van der Waals surface area contributed by atoms with Gasteiger partial charge in [-0.05, 0) is 24.3 Å². The van der Waals surface area contributed by atoms with E-state index in [4.69, 9.17) is 0 Å². The van der Waals surface area contributed by atoms with E-state index in [1.54, 1.807) is 13.2 Å². The number of hydrogen-bond acceptors (Lipinski definition) is 3. The molecule has 2 heterocycles. The molecule has 4 aromatic rings. The molecule has 2 aromatic heterocycles. The maximum absolute atomic E-state index is 12.5. The SMILES string of the molecule is CNc1ncc(-c2cccc(NC(=O)c3cc4ccccc4[nH]3)c2)[nH]1.Cl. The minimum atomic E-state index is -0.172. The van der Waals surface area contributed by atoms with Crippen LogP contribution in [0.1, 0.15) is 10.5 Å². The van der Waals surface area contributed by atoms with Crippen molar-refractivity contribution in [3.8, 4) is 11.3 Å². The van der Waals surface area contributed by atoms with E-state index in [1.165, 1.54) is 0 Å². The summed E-state index contributed by atoms with van der Waals surface area (Å²) in [6.45, 7) is 0. The zero-order chi connectivity index (χ0) is 17.2. The Morgan fingerprint density at radius 1 is 1.04 bits per heavy atom. The molecule has 0 aliphatic rings. The van der Waals surface area contributed by atoms with Gasteiger partial charge in [0.25, 0.3) is 5.91 Å². The Hall–Kier alpha value is -3.25. The predicted molar refractivity (Wildman–Crippen MR) is 107 cm³/mol. The van der Waals surface area contributed by atoms with Gasteiger partial charge in [-0.15, -0.1) is 12.4 Å². The number of nitrogens with one attached hydrogen (secondary N) is 4. The Labute approximate surface area is 156 Å². The Morgan fingerprint density at radius 3 is 2.65 bits per heavy atom. The molecule has 4 N–H and O–H groups in total. The minimum Gasteiger partial charge on any atom is -0.359 e. The van der Waals surface area contributed by atoms with Gasteiger partial charge in [0.05, 0.1) is 11.9 Å². The molecule has 132 valence electrons. The second-order valence-electron chi connectivity index (χ2n) is 5.70. The number of aromatic amines is 2. The van der Waals surface area contributed by atoms with Crippen molar-refractivity contribution < 1.29 is 4.79 Å². The molecule has 0 spiro atoms. The van der Waals surface area contributed by atoms with E-state index in [0.29, 0.717) is 11.6 Å². The number of halogens is 1. The standard InChI is InChI=1S/C19H17N5O.ClH/c1-20-19-21-11-17(24-19)12-6-4-7-14(9-12)22-18(25)16-10-13-5-2-3-8-15(13)23-16;/h2-11,23H,1H3,(H,22,25)(H2,20,21,24);1H. The Kier molecular flexibility index (Phi) is 4.95. The quantitative estimate of drug-likeness (QED) is 0.434. The molecule has 0 bridgehead atoms. The van der Waals surface area contributed by atoms with Gasteiger partial charge in [-0.25, -0.2) is 4.98 Å². The fraction of sp³-hybridized carbons (Fsp3) is 0.0526. The summed E-state index contributed by atoms with van der Waals surface area (Å²) in [4.78, 5) is 23.0. The highest BCUT2D eigenvalue weighted by molar-refractivity contribution is 6.06. The number of amides is 1. The number of benzene rings is 2. The van der Waals surface area contributed by atoms with Crippen LogP contribution in [0.15, 0.2) is 60.8 Å². The van der Waals surface area contributed by atoms with Crippen LogP contribution in [-0.2, 0) is 0 Å². The summed E-state index contributed by atoms with van der Waals surface area (Å²) in [7, 11) is 1.81. The summed E-state index contributed by atoms with van der Waals surface area (Å²) in [5.74, 6) is 0.524. The van der Waals surface area contributed by atoms with Crippen molar-refractivity contribution in [1.82, 2.24) is 15.0 Å². The summed E-state index contributed by atoms with van der Waals surface area (Å²) in [5.41, 5.74) is 4.03. The molecule has 0 aliphatic heterocycles. The van der Waals surface area contributed by atoms with Crippen LogP contribution in [0.2, 0.25) is 0 Å². The molecule has 0 fully saturated rings. The Balaban J connectivity index is 0.00000196. The summed E-state index contributed by atoms with van der Waals surface area (Å²) in [5, 5.41) is 6.90. The van der Waals surface area contributed by atoms with Crippen LogP contribution < -0.4 is 10.6 Å². The molecule has 0 saturated carbocycles. The molecular weight excluding hydrogens is 350 g/mol. The number of nitrogens with zero attached hydrogens (tertiary/aromatic N) is 1. The van der Waals surface area contributed by atoms with Crippen molar-refractivity contribution >= 4 is 40.9 Å². The van der Waals surface area contributed by atoms with Crippen molar-refractivity contribution in [1.29, 1.82) is 0 Å². The number of fused-ring (bicyclic) bond motifs is 1. The fourth-order valence-corrected chi connectivity index (χ4v) is 2.75. The number of aromatic nitrogens is 3. The third-order valence-corrected chi connectivity index (χ3v) is 4.02. The lowest BCUT2D eigenvalue weighted by Gasteiger charge is -2.06. The number of imidazole rings is 1. The van der Waals surface area contributed by atoms with Crippen molar-refractivity contribution in [2.24, 2.45) is 0 Å². The highest BCUT2D eigenvalue weighted by atomic mass is 35.5. The Bertz CT molecular complexity index is 1020. The predicted octanol–water partition coefficient (Wildman–Crippen LogP) is 4.27. The van der Waals surface area contributed by atoms with Crippen LogP contribution in [0.25, 0.3) is 22.2 Å². The monoisotopic (exact) mass is 367 g/mol. The number of rotatable bonds is 4. The highest BCUT2D eigenvalue weighted by Gasteiger charge is 2.10. The molecule has 4 rings (SSSR count). The maximum Gasteiger partial charge on any atom is 0.272 e. The molecule has 0 saturated heterocycles. The minimum absolute atomic E-state index is 0. The van der Waals surface area contributed by atoms with Crippen LogP contribution in [0.4, 0.5) is 11.6 Å². The molecule has 0 aliphatic carbocycles. The average Bonchev–Trinajstić information content (AvgIpc) is 3.28. The lowest BCUT2D eigenvalue weighted by atomic mass is 10.1. The van der Waals surface area contributed by atoms with Crippen molar-refractivity contribution in [2.75, 3.05) is 17.7 Å². The first-order valence-corrected chi connectivity index (χ1v) is 7.95. The molecule has 7 heteroatoms. The lowest BCUT2D eigenvalue weighted by molar-refractivity contribution is 0.102. The summed E-state index contributed by atoms with van der Waals surface area (Å²) < 4.78 is 0. The number of carbonyl (C=O) groups is 1. The van der Waals surface area contributed by atoms with E-state index in [2.05, 4.69) is 25.6 Å². The van der Waals surface area contributed by atoms with E-state index in [1.807, 2.05) is 54.6 Å². The molecular formula is C19H18ClN5O. The lowest BCUT2D eigenvalue weighted by Crippen LogP contribution is -2.12. The van der Waals surface area contributed by atoms with E-state index in [-0.39, 0.29) is 18.3 Å². The van der Waals surface area contributed by atoms with Gasteiger partial charge in [-0.3, -0.25) is 4.79 Å². The van der Waals surface area contributed by atoms with Crippen LogP contribution in [0, 0.1) is 0 Å². The van der Waals surface area contributed by atoms with Gasteiger partial charge in [0, 0.05) is 29.2 Å². The first-order chi connectivity index (χ1) is 12.2. The average molecular weight is 368 g/mol. The molecule has 1 amide bonds. The third-order valence-electron chi connectivity index (χ3n) is 4.02. The van der Waals surface area contributed by atoms with Gasteiger partial charge in [0.15, 0.2) is 5.95 Å². The van der Waals surface area contributed by atoms with Gasteiger partial charge < -0.3 is 20.6 Å². The third kappa shape index (κ3) is 3.41. The maximum atomic E-state index is 12.5. The molecule has 0 unspecified atom stereocenters. The molecule has 6 nitrogen and oxygen atoms in total. The van der Waals surface area contributed by atoms with E-state index < -0.39 is 0 Å². The summed E-state index contributed by atoms with van der Waals surface area (Å²) >= 11 is 0.